The summed E-state index contributed by atoms with van der Waals surface area (Å²) >= 11 is 1.59. The van der Waals surface area contributed by atoms with Gasteiger partial charge >= 0.3 is 0 Å². The summed E-state index contributed by atoms with van der Waals surface area (Å²) in [6.07, 6.45) is 8.29. The Morgan fingerprint density at radius 3 is 2.56 bits per heavy atom. The largest absolute Gasteiger partial charge is 0.353 e. The molecular weight excluding hydrogens is 470 g/mol. The summed E-state index contributed by atoms with van der Waals surface area (Å²) in [6, 6.07) is 15.4. The molecule has 1 aliphatic heterocycles. The zero-order chi connectivity index (χ0) is 24.7. The van der Waals surface area contributed by atoms with Gasteiger partial charge in [-0.25, -0.2) is 0 Å². The predicted molar refractivity (Wildman–Crippen MR) is 148 cm³/mol. The van der Waals surface area contributed by atoms with Crippen LogP contribution in [0.2, 0.25) is 0 Å². The molecule has 36 heavy (non-hydrogen) atoms. The molecule has 5 rings (SSSR count). The third-order valence-corrected chi connectivity index (χ3v) is 8.37. The summed E-state index contributed by atoms with van der Waals surface area (Å²) in [5.74, 6) is 2.21. The standard InChI is InChI=1S/C28H33N5O2S/c34-27(14-11-21-9-12-24(30-35)13-10-21)29-19-22-5-1-2-6-23(22)20-32-15-17-33(18-16-32)28-25-7-3-4-8-26(25)36-31-28/h3-4,7-14,22-23H,1-2,5-6,15-20H2,(H,29,34)/b14-11+/t22-,23-/m1/s1. The van der Waals surface area contributed by atoms with Gasteiger partial charge in [-0.3, -0.25) is 9.69 Å². The second kappa shape index (κ2) is 11.8. The number of aromatic nitrogens is 1. The molecule has 0 bridgehead atoms. The number of fused-ring (bicyclic) bond motifs is 1. The molecule has 3 aromatic rings. The smallest absolute Gasteiger partial charge is 0.244 e. The molecule has 2 atom stereocenters. The highest BCUT2D eigenvalue weighted by molar-refractivity contribution is 7.13. The number of nitrogens with one attached hydrogen (secondary N) is 1. The zero-order valence-electron chi connectivity index (χ0n) is 20.5. The van der Waals surface area contributed by atoms with Gasteiger partial charge in [0.15, 0.2) is 0 Å². The van der Waals surface area contributed by atoms with Gasteiger partial charge in [0.05, 0.1) is 4.70 Å². The fourth-order valence-electron chi connectivity index (χ4n) is 5.48. The van der Waals surface area contributed by atoms with Crippen molar-refractivity contribution >= 4 is 45.1 Å². The maximum Gasteiger partial charge on any atom is 0.244 e. The first-order valence-corrected chi connectivity index (χ1v) is 13.7. The molecule has 0 spiro atoms. The number of benzene rings is 2. The number of nitroso groups, excluding NO2 is 1. The molecule has 1 saturated carbocycles. The minimum absolute atomic E-state index is 0.0685. The Morgan fingerprint density at radius 1 is 1.03 bits per heavy atom. The Hall–Kier alpha value is -3.10. The first-order chi connectivity index (χ1) is 17.7. The van der Waals surface area contributed by atoms with Crippen molar-refractivity contribution in [3.8, 4) is 0 Å². The van der Waals surface area contributed by atoms with Gasteiger partial charge in [-0.15, -0.1) is 4.91 Å². The van der Waals surface area contributed by atoms with Gasteiger partial charge in [-0.1, -0.05) is 37.1 Å². The van der Waals surface area contributed by atoms with Crippen LogP contribution in [0.15, 0.2) is 59.8 Å². The lowest BCUT2D eigenvalue weighted by molar-refractivity contribution is -0.116. The van der Waals surface area contributed by atoms with E-state index in [1.54, 1.807) is 47.9 Å². The van der Waals surface area contributed by atoms with Crippen molar-refractivity contribution in [1.82, 2.24) is 14.6 Å². The summed E-state index contributed by atoms with van der Waals surface area (Å²) in [5.41, 5.74) is 1.26. The van der Waals surface area contributed by atoms with E-state index in [0.29, 0.717) is 17.5 Å². The Kier molecular flexibility index (Phi) is 8.03. The molecule has 2 aromatic carbocycles. The van der Waals surface area contributed by atoms with Gasteiger partial charge in [0.25, 0.3) is 0 Å². The SMILES string of the molecule is O=Nc1ccc(/C=C/C(=O)NC[C@H]2CCCC[C@@H]2CN2CCN(c3nsc4ccccc34)CC2)cc1. The fourth-order valence-corrected chi connectivity index (χ4v) is 6.27. The molecule has 7 nitrogen and oxygen atoms in total. The van der Waals surface area contributed by atoms with Crippen LogP contribution in [0.3, 0.4) is 0 Å². The number of rotatable bonds is 8. The molecule has 1 aliphatic carbocycles. The summed E-state index contributed by atoms with van der Waals surface area (Å²) in [4.78, 5) is 28.0. The minimum atomic E-state index is -0.0685. The highest BCUT2D eigenvalue weighted by Gasteiger charge is 2.29. The zero-order valence-corrected chi connectivity index (χ0v) is 21.3. The summed E-state index contributed by atoms with van der Waals surface area (Å²) < 4.78 is 6.00. The number of hydrogen-bond donors (Lipinski definition) is 1. The van der Waals surface area contributed by atoms with Crippen LogP contribution < -0.4 is 10.2 Å². The van der Waals surface area contributed by atoms with Gasteiger partial charge in [0, 0.05) is 50.7 Å². The molecule has 2 fully saturated rings. The number of carbonyl (C=O) groups excluding carboxylic acids is 1. The normalized spacial score (nSPS) is 21.2. The van der Waals surface area contributed by atoms with Crippen molar-refractivity contribution in [3.05, 3.63) is 65.1 Å². The van der Waals surface area contributed by atoms with Gasteiger partial charge in [0.2, 0.25) is 5.91 Å². The van der Waals surface area contributed by atoms with Crippen LogP contribution in [0.5, 0.6) is 0 Å². The van der Waals surface area contributed by atoms with E-state index in [2.05, 4.69) is 44.6 Å². The van der Waals surface area contributed by atoms with E-state index in [0.717, 1.165) is 50.6 Å². The summed E-state index contributed by atoms with van der Waals surface area (Å²) in [7, 11) is 0. The topological polar surface area (TPSA) is 77.9 Å². The van der Waals surface area contributed by atoms with Gasteiger partial charge in [-0.2, -0.15) is 4.37 Å². The number of hydrogen-bond acceptors (Lipinski definition) is 7. The van der Waals surface area contributed by atoms with Crippen LogP contribution in [0.1, 0.15) is 31.2 Å². The third-order valence-electron chi connectivity index (χ3n) is 7.55. The average Bonchev–Trinajstić information content (AvgIpc) is 3.36. The maximum atomic E-state index is 12.4. The molecule has 2 heterocycles. The van der Waals surface area contributed by atoms with Crippen LogP contribution in [0.4, 0.5) is 11.5 Å². The van der Waals surface area contributed by atoms with E-state index in [1.807, 2.05) is 0 Å². The fraction of sp³-hybridized carbons (Fsp3) is 0.429. The van der Waals surface area contributed by atoms with Crippen LogP contribution >= 0.6 is 11.5 Å². The van der Waals surface area contributed by atoms with Crippen LogP contribution in [-0.2, 0) is 4.79 Å². The lowest BCUT2D eigenvalue weighted by Crippen LogP contribution is -2.49. The molecule has 8 heteroatoms. The first kappa shape index (κ1) is 24.6. The average molecular weight is 504 g/mol. The molecular formula is C28H33N5O2S. The van der Waals surface area contributed by atoms with Crippen molar-refractivity contribution in [2.75, 3.05) is 44.2 Å². The summed E-state index contributed by atoms with van der Waals surface area (Å²) in [5, 5.41) is 7.30. The number of amides is 1. The first-order valence-electron chi connectivity index (χ1n) is 12.9. The second-order valence-electron chi connectivity index (χ2n) is 9.86. The van der Waals surface area contributed by atoms with Gasteiger partial charge in [0.1, 0.15) is 11.5 Å². The molecule has 188 valence electrons. The molecule has 0 radical (unpaired) electrons. The molecule has 1 amide bonds. The molecule has 1 aromatic heterocycles. The lowest BCUT2D eigenvalue weighted by Gasteiger charge is -2.40. The second-order valence-corrected chi connectivity index (χ2v) is 10.7. The number of anilines is 1. The number of piperazine rings is 1. The van der Waals surface area contributed by atoms with E-state index >= 15 is 0 Å². The molecule has 2 aliphatic rings. The van der Waals surface area contributed by atoms with E-state index < -0.39 is 0 Å². The van der Waals surface area contributed by atoms with Crippen molar-refractivity contribution in [3.63, 3.8) is 0 Å². The highest BCUT2D eigenvalue weighted by Crippen LogP contribution is 2.32. The molecule has 0 unspecified atom stereocenters. The quantitative estimate of drug-likeness (QED) is 0.327. The third kappa shape index (κ3) is 5.99. The van der Waals surface area contributed by atoms with Crippen LogP contribution in [0, 0.1) is 16.7 Å². The van der Waals surface area contributed by atoms with Crippen LogP contribution in [-0.4, -0.2) is 54.4 Å². The number of carbonyl (C=O) groups is 1. The predicted octanol–water partition coefficient (Wildman–Crippen LogP) is 5.45. The van der Waals surface area contributed by atoms with Crippen molar-refractivity contribution < 1.29 is 4.79 Å². The number of nitrogens with zero attached hydrogens (tertiary/aromatic N) is 4. The summed E-state index contributed by atoms with van der Waals surface area (Å²) in [6.45, 7) is 5.98. The Bertz CT molecular complexity index is 1200. The van der Waals surface area contributed by atoms with E-state index in [4.69, 9.17) is 4.37 Å². The maximum absolute atomic E-state index is 12.4. The Balaban J connectivity index is 1.10. The molecule has 1 saturated heterocycles. The van der Waals surface area contributed by atoms with Crippen molar-refractivity contribution in [2.45, 2.75) is 25.7 Å². The van der Waals surface area contributed by atoms with E-state index in [9.17, 15) is 9.70 Å². The van der Waals surface area contributed by atoms with Crippen molar-refractivity contribution in [2.24, 2.45) is 17.0 Å². The molecule has 1 N–H and O–H groups in total. The Labute approximate surface area is 216 Å². The minimum Gasteiger partial charge on any atom is -0.353 e. The van der Waals surface area contributed by atoms with Crippen molar-refractivity contribution in [1.29, 1.82) is 0 Å². The van der Waals surface area contributed by atoms with Crippen LogP contribution in [0.25, 0.3) is 16.2 Å². The van der Waals surface area contributed by atoms with E-state index in [1.165, 1.54) is 35.8 Å². The lowest BCUT2D eigenvalue weighted by atomic mass is 9.78. The Morgan fingerprint density at radius 2 is 1.78 bits per heavy atom. The van der Waals surface area contributed by atoms with E-state index in [-0.39, 0.29) is 5.91 Å². The monoisotopic (exact) mass is 503 g/mol. The van der Waals surface area contributed by atoms with Gasteiger partial charge < -0.3 is 10.2 Å². The van der Waals surface area contributed by atoms with Gasteiger partial charge in [-0.05, 0) is 77.3 Å². The highest BCUT2D eigenvalue weighted by atomic mass is 32.1.